The summed E-state index contributed by atoms with van der Waals surface area (Å²) in [7, 11) is 0. The molecule has 0 saturated heterocycles. The second-order valence-electron chi connectivity index (χ2n) is 7.44. The van der Waals surface area contributed by atoms with Crippen LogP contribution in [0.25, 0.3) is 41.1 Å². The maximum atomic E-state index is 11.3. The van der Waals surface area contributed by atoms with Gasteiger partial charge < -0.3 is 9.84 Å². The van der Waals surface area contributed by atoms with Crippen LogP contribution >= 0.6 is 22.7 Å². The van der Waals surface area contributed by atoms with Crippen molar-refractivity contribution in [1.29, 1.82) is 0 Å². The first kappa shape index (κ1) is 20.4. The van der Waals surface area contributed by atoms with Crippen LogP contribution in [0.1, 0.15) is 11.1 Å². The Kier molecular flexibility index (Phi) is 5.47. The Morgan fingerprint density at radius 3 is 1.91 bits per heavy atom. The molecule has 4 nitrogen and oxygen atoms in total. The second-order valence-corrected chi connectivity index (χ2v) is 9.61. The zero-order valence-electron chi connectivity index (χ0n) is 16.9. The van der Waals surface area contributed by atoms with E-state index in [1.165, 1.54) is 9.40 Å². The van der Waals surface area contributed by atoms with E-state index in [0.717, 1.165) is 42.8 Å². The molecular formula is C26H18O4S2. The summed E-state index contributed by atoms with van der Waals surface area (Å²) in [5.74, 6) is -0.828. The molecule has 0 amide bonds. The number of fused-ring (bicyclic) bond motifs is 2. The minimum atomic E-state index is -0.828. The highest BCUT2D eigenvalue weighted by molar-refractivity contribution is 7.23. The maximum absolute atomic E-state index is 11.3. The second kappa shape index (κ2) is 8.57. The third kappa shape index (κ3) is 3.90. The maximum Gasteiger partial charge on any atom is 0.307 e. The summed E-state index contributed by atoms with van der Waals surface area (Å²) in [5.41, 5.74) is 3.85. The van der Waals surface area contributed by atoms with E-state index in [1.807, 2.05) is 48.5 Å². The third-order valence-corrected chi connectivity index (χ3v) is 7.63. The van der Waals surface area contributed by atoms with E-state index in [2.05, 4.69) is 24.3 Å². The van der Waals surface area contributed by atoms with Crippen LogP contribution < -0.4 is 0 Å². The molecular weight excluding hydrogens is 440 g/mol. The summed E-state index contributed by atoms with van der Waals surface area (Å²) >= 11 is 3.39. The van der Waals surface area contributed by atoms with Gasteiger partial charge in [-0.05, 0) is 57.3 Å². The molecule has 0 bridgehead atoms. The van der Waals surface area contributed by atoms with Crippen molar-refractivity contribution in [3.8, 4) is 20.9 Å². The largest absolute Gasteiger partial charge is 0.481 e. The van der Waals surface area contributed by atoms with Crippen LogP contribution in [0.5, 0.6) is 0 Å². The van der Waals surface area contributed by atoms with Crippen LogP contribution in [0.4, 0.5) is 0 Å². The van der Waals surface area contributed by atoms with E-state index in [4.69, 9.17) is 4.74 Å². The van der Waals surface area contributed by atoms with Crippen molar-refractivity contribution >= 4 is 55.3 Å². The average molecular weight is 459 g/mol. The lowest BCUT2D eigenvalue weighted by atomic mass is 10.0. The lowest BCUT2D eigenvalue weighted by molar-refractivity contribution is -0.136. The van der Waals surface area contributed by atoms with Gasteiger partial charge in [-0.3, -0.25) is 9.59 Å². The Morgan fingerprint density at radius 2 is 1.34 bits per heavy atom. The molecule has 0 radical (unpaired) electrons. The molecule has 5 rings (SSSR count). The molecule has 2 heterocycles. The molecule has 158 valence electrons. The van der Waals surface area contributed by atoms with Gasteiger partial charge >= 0.3 is 5.97 Å². The third-order valence-electron chi connectivity index (χ3n) is 5.37. The first-order valence-corrected chi connectivity index (χ1v) is 11.7. The zero-order valence-corrected chi connectivity index (χ0v) is 18.5. The van der Waals surface area contributed by atoms with Gasteiger partial charge in [0.25, 0.3) is 6.47 Å². The summed E-state index contributed by atoms with van der Waals surface area (Å²) < 4.78 is 7.33. The quantitative estimate of drug-likeness (QED) is 0.274. The number of carbonyl (C=O) groups is 2. The molecule has 0 saturated carbocycles. The van der Waals surface area contributed by atoms with Gasteiger partial charge in [-0.1, -0.05) is 48.5 Å². The summed E-state index contributed by atoms with van der Waals surface area (Å²) in [5, 5.41) is 11.6. The van der Waals surface area contributed by atoms with Crippen molar-refractivity contribution in [1.82, 2.24) is 0 Å². The van der Waals surface area contributed by atoms with Gasteiger partial charge in [-0.2, -0.15) is 0 Å². The van der Waals surface area contributed by atoms with Crippen LogP contribution in [0, 0.1) is 0 Å². The van der Waals surface area contributed by atoms with Crippen LogP contribution in [0.15, 0.2) is 72.8 Å². The van der Waals surface area contributed by atoms with E-state index in [0.29, 0.717) is 6.47 Å². The normalized spacial score (nSPS) is 11.1. The minimum Gasteiger partial charge on any atom is -0.481 e. The monoisotopic (exact) mass is 458 g/mol. The van der Waals surface area contributed by atoms with E-state index in [1.54, 1.807) is 22.7 Å². The number of benzene rings is 3. The zero-order chi connectivity index (χ0) is 22.1. The van der Waals surface area contributed by atoms with Crippen LogP contribution in [0.2, 0.25) is 0 Å². The van der Waals surface area contributed by atoms with Gasteiger partial charge in [0.1, 0.15) is 6.61 Å². The number of aliphatic carboxylic acids is 1. The van der Waals surface area contributed by atoms with Crippen LogP contribution in [-0.2, 0) is 27.4 Å². The number of carboxylic acid groups (broad SMARTS) is 1. The molecule has 3 aromatic carbocycles. The van der Waals surface area contributed by atoms with Crippen molar-refractivity contribution in [3.63, 3.8) is 0 Å². The number of carbonyl (C=O) groups excluding carboxylic acids is 1. The van der Waals surface area contributed by atoms with Gasteiger partial charge in [0, 0.05) is 19.2 Å². The van der Waals surface area contributed by atoms with Crippen LogP contribution in [-0.4, -0.2) is 17.5 Å². The molecule has 2 aromatic heterocycles. The summed E-state index contributed by atoms with van der Waals surface area (Å²) in [6.07, 6.45) is 0.0100. The Morgan fingerprint density at radius 1 is 0.812 bits per heavy atom. The topological polar surface area (TPSA) is 63.6 Å². The van der Waals surface area contributed by atoms with Crippen molar-refractivity contribution in [2.24, 2.45) is 0 Å². The smallest absolute Gasteiger partial charge is 0.307 e. The molecule has 0 aliphatic carbocycles. The van der Waals surface area contributed by atoms with E-state index in [9.17, 15) is 14.7 Å². The number of thiophene rings is 2. The highest BCUT2D eigenvalue weighted by atomic mass is 32.1. The van der Waals surface area contributed by atoms with Crippen molar-refractivity contribution in [3.05, 3.63) is 83.9 Å². The lowest BCUT2D eigenvalue weighted by Crippen LogP contribution is -2.01. The fourth-order valence-electron chi connectivity index (χ4n) is 3.93. The van der Waals surface area contributed by atoms with Crippen LogP contribution in [0.3, 0.4) is 0 Å². The van der Waals surface area contributed by atoms with E-state index >= 15 is 0 Å². The molecule has 0 aliphatic heterocycles. The van der Waals surface area contributed by atoms with Crippen molar-refractivity contribution in [2.45, 2.75) is 13.0 Å². The SMILES string of the molecule is O=COCc1ccccc1-c1cc2cc3sc(-c4ccccc4CC(=O)O)cc3cc2s1. The van der Waals surface area contributed by atoms with Crippen molar-refractivity contribution < 1.29 is 19.4 Å². The standard InChI is InChI=1S/C26H18O4S2/c27-15-30-14-17-6-2-4-8-21(17)25-12-19-10-22-18(9-23(19)32-25)11-24(31-22)20-7-3-1-5-16(20)13-26(28)29/h1-12,15H,13-14H2,(H,28,29). The fourth-order valence-corrected chi connectivity index (χ4v) is 6.23. The lowest BCUT2D eigenvalue weighted by Gasteiger charge is -2.06. The van der Waals surface area contributed by atoms with Gasteiger partial charge in [-0.15, -0.1) is 22.7 Å². The highest BCUT2D eigenvalue weighted by Gasteiger charge is 2.14. The molecule has 0 spiro atoms. The highest BCUT2D eigenvalue weighted by Crippen LogP contribution is 2.41. The number of rotatable bonds is 7. The molecule has 0 aliphatic rings. The summed E-state index contributed by atoms with van der Waals surface area (Å²) in [6.45, 7) is 0.726. The Hall–Kier alpha value is -3.48. The Labute approximate surface area is 192 Å². The number of hydrogen-bond acceptors (Lipinski definition) is 5. The van der Waals surface area contributed by atoms with Crippen molar-refractivity contribution in [2.75, 3.05) is 0 Å². The number of hydrogen-bond donors (Lipinski definition) is 1. The molecule has 0 atom stereocenters. The average Bonchev–Trinajstić information content (AvgIpc) is 3.39. The molecule has 5 aromatic rings. The number of carboxylic acids is 1. The summed E-state index contributed by atoms with van der Waals surface area (Å²) in [6, 6.07) is 24.4. The molecule has 6 heteroatoms. The molecule has 0 unspecified atom stereocenters. The van der Waals surface area contributed by atoms with Gasteiger partial charge in [0.05, 0.1) is 6.42 Å². The molecule has 0 fully saturated rings. The predicted molar refractivity (Wildman–Crippen MR) is 130 cm³/mol. The first-order chi connectivity index (χ1) is 15.6. The van der Waals surface area contributed by atoms with Gasteiger partial charge in [0.15, 0.2) is 0 Å². The Bertz CT molecular complexity index is 1410. The van der Waals surface area contributed by atoms with E-state index in [-0.39, 0.29) is 13.0 Å². The Balaban J connectivity index is 1.56. The predicted octanol–water partition coefficient (Wildman–Crippen LogP) is 6.75. The minimum absolute atomic E-state index is 0.0100. The number of ether oxygens (including phenoxy) is 1. The summed E-state index contributed by atoms with van der Waals surface area (Å²) in [4.78, 5) is 24.1. The van der Waals surface area contributed by atoms with E-state index < -0.39 is 5.97 Å². The van der Waals surface area contributed by atoms with Gasteiger partial charge in [0.2, 0.25) is 0 Å². The van der Waals surface area contributed by atoms with Gasteiger partial charge in [-0.25, -0.2) is 0 Å². The molecule has 32 heavy (non-hydrogen) atoms. The molecule has 1 N–H and O–H groups in total. The fraction of sp³-hybridized carbons (Fsp3) is 0.0769. The first-order valence-electron chi connectivity index (χ1n) is 10.0.